The first-order chi connectivity index (χ1) is 16.3. The minimum absolute atomic E-state index is 0. The molecule has 0 aromatic heterocycles. The van der Waals surface area contributed by atoms with Gasteiger partial charge in [-0.25, -0.2) is 0 Å². The summed E-state index contributed by atoms with van der Waals surface area (Å²) in [4.78, 5) is 23.2. The Labute approximate surface area is 209 Å². The topological polar surface area (TPSA) is 71.1 Å². The SMILES string of the molecule is C.COC(=O)[C@@H](C)[C@@H]1CCc2cc(OC)ccc21.COC(=O)[C@H](C)[C@H]1CCc2cc(OC)ccc21. The summed E-state index contributed by atoms with van der Waals surface area (Å²) in [5, 5.41) is 0. The highest BCUT2D eigenvalue weighted by atomic mass is 16.5. The molecule has 0 N–H and O–H groups in total. The molecule has 6 nitrogen and oxygen atoms in total. The molecule has 4 atom stereocenters. The van der Waals surface area contributed by atoms with Crippen LogP contribution in [0.25, 0.3) is 0 Å². The van der Waals surface area contributed by atoms with Gasteiger partial charge < -0.3 is 18.9 Å². The van der Waals surface area contributed by atoms with Crippen LogP contribution in [-0.4, -0.2) is 40.4 Å². The number of carbonyl (C=O) groups is 2. The molecule has 0 spiro atoms. The summed E-state index contributed by atoms with van der Waals surface area (Å²) in [6.07, 6.45) is 4.05. The third-order valence-electron chi connectivity index (χ3n) is 7.30. The highest BCUT2D eigenvalue weighted by Crippen LogP contribution is 2.41. The molecule has 192 valence electrons. The molecule has 0 radical (unpaired) electrons. The molecule has 0 fully saturated rings. The van der Waals surface area contributed by atoms with E-state index in [0.717, 1.165) is 37.2 Å². The van der Waals surface area contributed by atoms with E-state index in [4.69, 9.17) is 18.9 Å². The quantitative estimate of drug-likeness (QED) is 0.490. The van der Waals surface area contributed by atoms with Gasteiger partial charge in [0, 0.05) is 0 Å². The normalized spacial score (nSPS) is 19.0. The van der Waals surface area contributed by atoms with E-state index in [2.05, 4.69) is 24.3 Å². The zero-order chi connectivity index (χ0) is 24.8. The molecule has 6 heteroatoms. The van der Waals surface area contributed by atoms with Gasteiger partial charge in [-0.15, -0.1) is 0 Å². The molecule has 0 amide bonds. The molecular formula is C29H40O6. The first kappa shape index (κ1) is 28.2. The lowest BCUT2D eigenvalue weighted by atomic mass is 9.89. The number of rotatable bonds is 6. The second-order valence-electron chi connectivity index (χ2n) is 9.04. The molecule has 0 saturated carbocycles. The highest BCUT2D eigenvalue weighted by Gasteiger charge is 2.33. The second-order valence-corrected chi connectivity index (χ2v) is 9.04. The van der Waals surface area contributed by atoms with E-state index < -0.39 is 0 Å². The number of hydrogen-bond donors (Lipinski definition) is 0. The molecule has 0 heterocycles. The van der Waals surface area contributed by atoms with Crippen LogP contribution in [0.3, 0.4) is 0 Å². The molecule has 2 aliphatic carbocycles. The van der Waals surface area contributed by atoms with Crippen molar-refractivity contribution in [2.24, 2.45) is 11.8 Å². The van der Waals surface area contributed by atoms with Crippen LogP contribution in [0.4, 0.5) is 0 Å². The minimum atomic E-state index is -0.126. The van der Waals surface area contributed by atoms with Crippen LogP contribution in [0.15, 0.2) is 36.4 Å². The molecule has 0 saturated heterocycles. The lowest BCUT2D eigenvalue weighted by molar-refractivity contribution is -0.146. The van der Waals surface area contributed by atoms with Crippen LogP contribution in [0, 0.1) is 11.8 Å². The number of benzene rings is 2. The van der Waals surface area contributed by atoms with Crippen molar-refractivity contribution in [2.45, 2.75) is 58.8 Å². The predicted molar refractivity (Wildman–Crippen MR) is 137 cm³/mol. The van der Waals surface area contributed by atoms with Crippen LogP contribution in [0.2, 0.25) is 0 Å². The maximum Gasteiger partial charge on any atom is 0.308 e. The summed E-state index contributed by atoms with van der Waals surface area (Å²) >= 11 is 0. The number of hydrogen-bond acceptors (Lipinski definition) is 6. The summed E-state index contributed by atoms with van der Waals surface area (Å²) in [5.41, 5.74) is 5.13. The Balaban J connectivity index is 0.000000240. The second kappa shape index (κ2) is 12.6. The zero-order valence-corrected chi connectivity index (χ0v) is 21.1. The van der Waals surface area contributed by atoms with Crippen LogP contribution in [-0.2, 0) is 31.9 Å². The van der Waals surface area contributed by atoms with Gasteiger partial charge in [0.05, 0.1) is 40.3 Å². The minimum Gasteiger partial charge on any atom is -0.497 e. The Hall–Kier alpha value is -3.02. The lowest BCUT2D eigenvalue weighted by Gasteiger charge is -2.18. The van der Waals surface area contributed by atoms with Gasteiger partial charge in [-0.2, -0.15) is 0 Å². The molecule has 2 aromatic rings. The number of fused-ring (bicyclic) bond motifs is 2. The number of methoxy groups -OCH3 is 4. The molecule has 4 rings (SSSR count). The fourth-order valence-corrected chi connectivity index (χ4v) is 5.25. The van der Waals surface area contributed by atoms with Crippen LogP contribution in [0.1, 0.15) is 68.2 Å². The fourth-order valence-electron chi connectivity index (χ4n) is 5.25. The Kier molecular flexibility index (Phi) is 10.2. The Bertz CT molecular complexity index is 933. The molecule has 0 aliphatic heterocycles. The Morgan fingerprint density at radius 1 is 0.714 bits per heavy atom. The third kappa shape index (κ3) is 6.16. The van der Waals surface area contributed by atoms with Crippen molar-refractivity contribution in [3.63, 3.8) is 0 Å². The maximum absolute atomic E-state index is 11.6. The number of esters is 2. The van der Waals surface area contributed by atoms with E-state index in [1.165, 1.54) is 36.5 Å². The molecule has 35 heavy (non-hydrogen) atoms. The van der Waals surface area contributed by atoms with Gasteiger partial charge in [0.2, 0.25) is 0 Å². The predicted octanol–water partition coefficient (Wildman–Crippen LogP) is 5.70. The van der Waals surface area contributed by atoms with Crippen molar-refractivity contribution >= 4 is 11.9 Å². The molecule has 0 unspecified atom stereocenters. The van der Waals surface area contributed by atoms with Gasteiger partial charge in [-0.05, 0) is 84.0 Å². The third-order valence-corrected chi connectivity index (χ3v) is 7.30. The van der Waals surface area contributed by atoms with Gasteiger partial charge in [-0.1, -0.05) is 33.4 Å². The van der Waals surface area contributed by atoms with Gasteiger partial charge in [0.1, 0.15) is 11.5 Å². The zero-order valence-electron chi connectivity index (χ0n) is 21.1. The van der Waals surface area contributed by atoms with Crippen molar-refractivity contribution < 1.29 is 28.5 Å². The van der Waals surface area contributed by atoms with Crippen LogP contribution in [0.5, 0.6) is 11.5 Å². The van der Waals surface area contributed by atoms with Crippen LogP contribution < -0.4 is 9.47 Å². The van der Waals surface area contributed by atoms with Gasteiger partial charge in [-0.3, -0.25) is 9.59 Å². The summed E-state index contributed by atoms with van der Waals surface area (Å²) in [6.45, 7) is 3.88. The summed E-state index contributed by atoms with van der Waals surface area (Å²) in [6, 6.07) is 12.2. The highest BCUT2D eigenvalue weighted by molar-refractivity contribution is 5.74. The van der Waals surface area contributed by atoms with Crippen molar-refractivity contribution in [3.8, 4) is 11.5 Å². The van der Waals surface area contributed by atoms with Crippen LogP contribution >= 0.6 is 0 Å². The van der Waals surface area contributed by atoms with E-state index in [0.29, 0.717) is 0 Å². The van der Waals surface area contributed by atoms with E-state index in [-0.39, 0.29) is 43.0 Å². The van der Waals surface area contributed by atoms with Crippen molar-refractivity contribution in [2.75, 3.05) is 28.4 Å². The lowest BCUT2D eigenvalue weighted by Crippen LogP contribution is -2.19. The molecular weight excluding hydrogens is 444 g/mol. The summed E-state index contributed by atoms with van der Waals surface area (Å²) < 4.78 is 20.1. The monoisotopic (exact) mass is 484 g/mol. The van der Waals surface area contributed by atoms with Gasteiger partial charge >= 0.3 is 11.9 Å². The first-order valence-electron chi connectivity index (χ1n) is 11.8. The number of ether oxygens (including phenoxy) is 4. The largest absolute Gasteiger partial charge is 0.497 e. The number of aryl methyl sites for hydroxylation is 2. The molecule has 0 bridgehead atoms. The van der Waals surface area contributed by atoms with Gasteiger partial charge in [0.15, 0.2) is 0 Å². The smallest absolute Gasteiger partial charge is 0.308 e. The van der Waals surface area contributed by atoms with E-state index in [1.54, 1.807) is 14.2 Å². The Morgan fingerprint density at radius 2 is 1.09 bits per heavy atom. The standard InChI is InChI=1S/2C14H18O3.CH4/c2*1-9(14(15)17-3)12-6-4-10-8-11(16-2)5-7-13(10)12;/h2*5,7-9,12H,4,6H2,1-3H3;1H4/t2*9-,12-;/m10./s1. The van der Waals surface area contributed by atoms with Crippen molar-refractivity contribution in [3.05, 3.63) is 58.7 Å². The summed E-state index contributed by atoms with van der Waals surface area (Å²) in [7, 11) is 6.24. The van der Waals surface area contributed by atoms with E-state index in [1.807, 2.05) is 26.0 Å². The molecule has 2 aliphatic rings. The van der Waals surface area contributed by atoms with E-state index in [9.17, 15) is 9.59 Å². The van der Waals surface area contributed by atoms with Crippen molar-refractivity contribution in [1.29, 1.82) is 0 Å². The summed E-state index contributed by atoms with van der Waals surface area (Å²) in [5.74, 6) is 1.93. The van der Waals surface area contributed by atoms with Gasteiger partial charge in [0.25, 0.3) is 0 Å². The number of carbonyl (C=O) groups excluding carboxylic acids is 2. The average Bonchev–Trinajstić information content (AvgIpc) is 3.50. The van der Waals surface area contributed by atoms with Crippen molar-refractivity contribution in [1.82, 2.24) is 0 Å². The fraction of sp³-hybridized carbons (Fsp3) is 0.517. The Morgan fingerprint density at radius 3 is 1.40 bits per heavy atom. The molecule has 2 aromatic carbocycles. The van der Waals surface area contributed by atoms with E-state index >= 15 is 0 Å². The first-order valence-corrected chi connectivity index (χ1v) is 11.8. The average molecular weight is 485 g/mol. The maximum atomic E-state index is 11.6.